The standard InChI is InChI=1S/C15H26O3SSi/c1-13-7-9-14(10-8-13)19(16,17)12-11-18-20(5,6)15(2,3)4/h7-10H,11-12H2,1-6H3. The molecule has 0 aliphatic rings. The van der Waals surface area contributed by atoms with Gasteiger partial charge in [-0.2, -0.15) is 0 Å². The van der Waals surface area contributed by atoms with Gasteiger partial charge in [0, 0.05) is 6.61 Å². The highest BCUT2D eigenvalue weighted by atomic mass is 32.2. The van der Waals surface area contributed by atoms with Gasteiger partial charge in [-0.25, -0.2) is 8.42 Å². The molecule has 0 bridgehead atoms. The summed E-state index contributed by atoms with van der Waals surface area (Å²) in [5.74, 6) is 0.0442. The van der Waals surface area contributed by atoms with Gasteiger partial charge in [0.2, 0.25) is 0 Å². The van der Waals surface area contributed by atoms with Crippen LogP contribution >= 0.6 is 0 Å². The lowest BCUT2D eigenvalue weighted by molar-refractivity contribution is 0.309. The summed E-state index contributed by atoms with van der Waals surface area (Å²) in [5.41, 5.74) is 1.06. The molecule has 20 heavy (non-hydrogen) atoms. The quantitative estimate of drug-likeness (QED) is 0.777. The summed E-state index contributed by atoms with van der Waals surface area (Å²) >= 11 is 0. The van der Waals surface area contributed by atoms with Crippen molar-refractivity contribution in [3.63, 3.8) is 0 Å². The third-order valence-electron chi connectivity index (χ3n) is 4.00. The average Bonchev–Trinajstić information content (AvgIpc) is 2.27. The Hall–Kier alpha value is -0.653. The molecule has 3 nitrogen and oxygen atoms in total. The topological polar surface area (TPSA) is 43.4 Å². The average molecular weight is 315 g/mol. The molecule has 0 N–H and O–H groups in total. The van der Waals surface area contributed by atoms with Crippen LogP contribution in [0.15, 0.2) is 29.2 Å². The zero-order valence-corrected chi connectivity index (χ0v) is 15.2. The van der Waals surface area contributed by atoms with E-state index in [0.29, 0.717) is 4.90 Å². The first-order valence-corrected chi connectivity index (χ1v) is 11.5. The lowest BCUT2D eigenvalue weighted by Gasteiger charge is -2.36. The molecule has 1 rings (SSSR count). The minimum absolute atomic E-state index is 0.0442. The van der Waals surface area contributed by atoms with E-state index in [2.05, 4.69) is 33.9 Å². The summed E-state index contributed by atoms with van der Waals surface area (Å²) in [4.78, 5) is 0.377. The Morgan fingerprint density at radius 2 is 1.60 bits per heavy atom. The predicted octanol–water partition coefficient (Wildman–Crippen LogP) is 3.79. The molecular formula is C15H26O3SSi. The molecular weight excluding hydrogens is 288 g/mol. The summed E-state index contributed by atoms with van der Waals surface area (Å²) in [6, 6.07) is 6.97. The van der Waals surface area contributed by atoms with Crippen molar-refractivity contribution in [3.05, 3.63) is 29.8 Å². The fraction of sp³-hybridized carbons (Fsp3) is 0.600. The van der Waals surface area contributed by atoms with Crippen LogP contribution in [-0.2, 0) is 14.3 Å². The highest BCUT2D eigenvalue weighted by Gasteiger charge is 2.37. The molecule has 0 aliphatic heterocycles. The Morgan fingerprint density at radius 3 is 2.05 bits per heavy atom. The first-order valence-electron chi connectivity index (χ1n) is 6.89. The van der Waals surface area contributed by atoms with Crippen molar-refractivity contribution in [2.45, 2.75) is 50.7 Å². The molecule has 1 aromatic rings. The second-order valence-electron chi connectivity index (χ2n) is 6.74. The maximum Gasteiger partial charge on any atom is 0.192 e. The van der Waals surface area contributed by atoms with Crippen molar-refractivity contribution in [2.75, 3.05) is 12.4 Å². The van der Waals surface area contributed by atoms with Crippen LogP contribution in [0.1, 0.15) is 26.3 Å². The first kappa shape index (κ1) is 17.4. The minimum Gasteiger partial charge on any atom is -0.416 e. The van der Waals surface area contributed by atoms with Gasteiger partial charge >= 0.3 is 0 Å². The molecule has 0 heterocycles. The lowest BCUT2D eigenvalue weighted by Crippen LogP contribution is -2.41. The molecule has 1 aromatic carbocycles. The van der Waals surface area contributed by atoms with Crippen LogP contribution < -0.4 is 0 Å². The highest BCUT2D eigenvalue weighted by Crippen LogP contribution is 2.36. The Bertz CT molecular complexity index is 539. The molecule has 5 heteroatoms. The number of benzene rings is 1. The Kier molecular flexibility index (Phi) is 5.22. The zero-order chi connectivity index (χ0) is 15.6. The van der Waals surface area contributed by atoms with E-state index in [-0.39, 0.29) is 17.4 Å². The second-order valence-corrected chi connectivity index (χ2v) is 13.7. The normalized spacial score (nSPS) is 13.5. The number of rotatable bonds is 5. The number of hydrogen-bond acceptors (Lipinski definition) is 3. The highest BCUT2D eigenvalue weighted by molar-refractivity contribution is 7.91. The Labute approximate surface area is 124 Å². The SMILES string of the molecule is Cc1ccc(S(=O)(=O)CCO[Si](C)(C)C(C)(C)C)cc1. The monoisotopic (exact) mass is 314 g/mol. The molecule has 0 spiro atoms. The second kappa shape index (κ2) is 5.99. The van der Waals surface area contributed by atoms with Crippen molar-refractivity contribution in [1.29, 1.82) is 0 Å². The van der Waals surface area contributed by atoms with E-state index in [1.54, 1.807) is 12.1 Å². The van der Waals surface area contributed by atoms with E-state index in [1.165, 1.54) is 0 Å². The van der Waals surface area contributed by atoms with E-state index in [0.717, 1.165) is 5.56 Å². The van der Waals surface area contributed by atoms with Crippen LogP contribution in [0.2, 0.25) is 18.1 Å². The van der Waals surface area contributed by atoms with Crippen LogP contribution in [0, 0.1) is 6.92 Å². The van der Waals surface area contributed by atoms with Crippen molar-refractivity contribution >= 4 is 18.2 Å². The van der Waals surface area contributed by atoms with Gasteiger partial charge < -0.3 is 4.43 Å². The molecule has 0 aliphatic carbocycles. The molecule has 0 unspecified atom stereocenters. The van der Waals surface area contributed by atoms with Gasteiger partial charge in [0.15, 0.2) is 18.2 Å². The van der Waals surface area contributed by atoms with Crippen LogP contribution in [0.4, 0.5) is 0 Å². The molecule has 0 aromatic heterocycles. The summed E-state index contributed by atoms with van der Waals surface area (Å²) in [6.45, 7) is 12.9. The zero-order valence-electron chi connectivity index (χ0n) is 13.4. The molecule has 0 fully saturated rings. The van der Waals surface area contributed by atoms with E-state index in [9.17, 15) is 8.42 Å². The Balaban J connectivity index is 2.68. The van der Waals surface area contributed by atoms with Crippen LogP contribution in [0.25, 0.3) is 0 Å². The predicted molar refractivity (Wildman–Crippen MR) is 86.4 cm³/mol. The smallest absolute Gasteiger partial charge is 0.192 e. The van der Waals surface area contributed by atoms with Crippen molar-refractivity contribution in [3.8, 4) is 0 Å². The van der Waals surface area contributed by atoms with Gasteiger partial charge in [-0.3, -0.25) is 0 Å². The molecule has 0 amide bonds. The fourth-order valence-electron chi connectivity index (χ4n) is 1.49. The molecule has 0 saturated heterocycles. The van der Waals surface area contributed by atoms with E-state index >= 15 is 0 Å². The number of aryl methyl sites for hydroxylation is 1. The fourth-order valence-corrected chi connectivity index (χ4v) is 3.77. The van der Waals surface area contributed by atoms with Crippen LogP contribution in [-0.4, -0.2) is 29.1 Å². The summed E-state index contributed by atoms with van der Waals surface area (Å²) in [6.07, 6.45) is 0. The van der Waals surface area contributed by atoms with E-state index in [4.69, 9.17) is 4.43 Å². The van der Waals surface area contributed by atoms with Crippen molar-refractivity contribution in [2.24, 2.45) is 0 Å². The van der Waals surface area contributed by atoms with Gasteiger partial charge in [0.05, 0.1) is 10.6 Å². The molecule has 0 radical (unpaired) electrons. The van der Waals surface area contributed by atoms with Gasteiger partial charge in [-0.1, -0.05) is 38.5 Å². The van der Waals surface area contributed by atoms with Crippen LogP contribution in [0.5, 0.6) is 0 Å². The largest absolute Gasteiger partial charge is 0.416 e. The van der Waals surface area contributed by atoms with E-state index < -0.39 is 18.2 Å². The first-order chi connectivity index (χ1) is 8.96. The number of sulfone groups is 1. The third kappa shape index (κ3) is 4.43. The molecule has 0 atom stereocenters. The summed E-state index contributed by atoms with van der Waals surface area (Å²) < 4.78 is 30.4. The lowest BCUT2D eigenvalue weighted by atomic mass is 10.2. The molecule has 0 saturated carbocycles. The third-order valence-corrected chi connectivity index (χ3v) is 10.2. The van der Waals surface area contributed by atoms with Crippen LogP contribution in [0.3, 0.4) is 0 Å². The summed E-state index contributed by atoms with van der Waals surface area (Å²) in [7, 11) is -5.13. The van der Waals surface area contributed by atoms with Crippen molar-refractivity contribution in [1.82, 2.24) is 0 Å². The maximum atomic E-state index is 12.2. The van der Waals surface area contributed by atoms with Gasteiger partial charge in [-0.15, -0.1) is 0 Å². The van der Waals surface area contributed by atoms with Crippen molar-refractivity contribution < 1.29 is 12.8 Å². The van der Waals surface area contributed by atoms with Gasteiger partial charge in [0.1, 0.15) is 0 Å². The van der Waals surface area contributed by atoms with E-state index in [1.807, 2.05) is 19.1 Å². The minimum atomic E-state index is -3.25. The Morgan fingerprint density at radius 1 is 1.10 bits per heavy atom. The molecule has 114 valence electrons. The van der Waals surface area contributed by atoms with Gasteiger partial charge in [0.25, 0.3) is 0 Å². The van der Waals surface area contributed by atoms with Gasteiger partial charge in [-0.05, 0) is 37.2 Å². The maximum absolute atomic E-state index is 12.2. The number of hydrogen-bond donors (Lipinski definition) is 0. The summed E-state index contributed by atoms with van der Waals surface area (Å²) in [5, 5.41) is 0.0978.